The predicted octanol–water partition coefficient (Wildman–Crippen LogP) is 3.98. The van der Waals surface area contributed by atoms with Gasteiger partial charge in [-0.1, -0.05) is 36.2 Å². The summed E-state index contributed by atoms with van der Waals surface area (Å²) in [5.74, 6) is -0.790. The normalized spacial score (nSPS) is 16.1. The highest BCUT2D eigenvalue weighted by molar-refractivity contribution is 7.99. The molecule has 1 aliphatic carbocycles. The molecule has 0 saturated heterocycles. The molecule has 20 heavy (non-hydrogen) atoms. The summed E-state index contributed by atoms with van der Waals surface area (Å²) in [4.78, 5) is 15.4. The minimum Gasteiger partial charge on any atom is -0.481 e. The van der Waals surface area contributed by atoms with Crippen LogP contribution in [-0.2, 0) is 4.79 Å². The minimum atomic E-state index is -0.821. The van der Waals surface area contributed by atoms with Crippen LogP contribution in [0.1, 0.15) is 31.7 Å². The number of aliphatic carboxylic acids is 1. The van der Waals surface area contributed by atoms with E-state index < -0.39 is 5.97 Å². The van der Waals surface area contributed by atoms with Crippen molar-refractivity contribution >= 4 is 40.4 Å². The molecule has 1 saturated carbocycles. The number of benzene rings is 1. The Morgan fingerprint density at radius 3 is 2.90 bits per heavy atom. The van der Waals surface area contributed by atoms with Crippen molar-refractivity contribution in [3.63, 3.8) is 0 Å². The smallest absolute Gasteiger partial charge is 0.313 e. The van der Waals surface area contributed by atoms with Crippen molar-refractivity contribution in [2.24, 2.45) is 0 Å². The number of hydrogen-bond acceptors (Lipinski definition) is 3. The van der Waals surface area contributed by atoms with Crippen LogP contribution in [-0.4, -0.2) is 26.4 Å². The lowest BCUT2D eigenvalue weighted by molar-refractivity contribution is -0.133. The first kappa shape index (κ1) is 13.8. The van der Waals surface area contributed by atoms with Gasteiger partial charge >= 0.3 is 5.97 Å². The zero-order chi connectivity index (χ0) is 14.1. The van der Waals surface area contributed by atoms with E-state index in [1.807, 2.05) is 18.2 Å². The van der Waals surface area contributed by atoms with Crippen LogP contribution in [0.2, 0.25) is 5.02 Å². The van der Waals surface area contributed by atoms with Gasteiger partial charge in [-0.15, -0.1) is 0 Å². The number of rotatable bonds is 4. The topological polar surface area (TPSA) is 55.1 Å². The third-order valence-electron chi connectivity index (χ3n) is 3.63. The van der Waals surface area contributed by atoms with Gasteiger partial charge in [-0.2, -0.15) is 0 Å². The standard InChI is InChI=1S/C14H15ClN2O2S/c15-9-5-6-12-11(7-9)16-14(20-8-13(18)19)17(12)10-3-1-2-4-10/h5-7,10H,1-4,8H2,(H,18,19). The number of nitrogens with zero attached hydrogens (tertiary/aromatic N) is 2. The van der Waals surface area contributed by atoms with E-state index in [1.165, 1.54) is 24.6 Å². The first-order valence-corrected chi connectivity index (χ1v) is 8.03. The molecule has 3 rings (SSSR count). The van der Waals surface area contributed by atoms with Crippen LogP contribution in [0.5, 0.6) is 0 Å². The van der Waals surface area contributed by atoms with E-state index in [0.29, 0.717) is 11.1 Å². The number of halogens is 1. The molecule has 106 valence electrons. The Kier molecular flexibility index (Phi) is 3.89. The molecule has 1 fully saturated rings. The van der Waals surface area contributed by atoms with Crippen LogP contribution < -0.4 is 0 Å². The van der Waals surface area contributed by atoms with Gasteiger partial charge in [0, 0.05) is 11.1 Å². The van der Waals surface area contributed by atoms with E-state index in [9.17, 15) is 4.79 Å². The Hall–Kier alpha value is -1.20. The third kappa shape index (κ3) is 2.65. The molecule has 1 aliphatic rings. The molecule has 0 bridgehead atoms. The van der Waals surface area contributed by atoms with Gasteiger partial charge < -0.3 is 9.67 Å². The molecule has 0 unspecified atom stereocenters. The summed E-state index contributed by atoms with van der Waals surface area (Å²) in [6, 6.07) is 6.11. The number of fused-ring (bicyclic) bond motifs is 1. The molecule has 1 aromatic heterocycles. The zero-order valence-electron chi connectivity index (χ0n) is 10.9. The van der Waals surface area contributed by atoms with Gasteiger partial charge in [-0.25, -0.2) is 4.98 Å². The summed E-state index contributed by atoms with van der Waals surface area (Å²) < 4.78 is 2.20. The second-order valence-corrected chi connectivity index (χ2v) is 6.40. The van der Waals surface area contributed by atoms with Gasteiger partial charge in [0.2, 0.25) is 0 Å². The molecule has 1 heterocycles. The largest absolute Gasteiger partial charge is 0.481 e. The summed E-state index contributed by atoms with van der Waals surface area (Å²) in [6.07, 6.45) is 4.71. The second-order valence-electron chi connectivity index (χ2n) is 5.02. The summed E-state index contributed by atoms with van der Waals surface area (Å²) in [7, 11) is 0. The fraction of sp³-hybridized carbons (Fsp3) is 0.429. The first-order chi connectivity index (χ1) is 9.65. The van der Waals surface area contributed by atoms with E-state index >= 15 is 0 Å². The van der Waals surface area contributed by atoms with Gasteiger partial charge in [0.15, 0.2) is 5.16 Å². The summed E-state index contributed by atoms with van der Waals surface area (Å²) in [5, 5.41) is 10.3. The van der Waals surface area contributed by atoms with Crippen molar-refractivity contribution in [1.82, 2.24) is 9.55 Å². The van der Waals surface area contributed by atoms with Crippen molar-refractivity contribution in [2.45, 2.75) is 36.9 Å². The molecule has 0 spiro atoms. The Bertz CT molecular complexity index is 650. The van der Waals surface area contributed by atoms with Crippen LogP contribution in [0, 0.1) is 0 Å². The van der Waals surface area contributed by atoms with Crippen molar-refractivity contribution in [3.8, 4) is 0 Å². The average Bonchev–Trinajstić information content (AvgIpc) is 3.01. The molecule has 6 heteroatoms. The van der Waals surface area contributed by atoms with Crippen molar-refractivity contribution in [2.75, 3.05) is 5.75 Å². The molecule has 0 aliphatic heterocycles. The molecular weight excluding hydrogens is 296 g/mol. The number of carbonyl (C=O) groups is 1. The van der Waals surface area contributed by atoms with Crippen LogP contribution >= 0.6 is 23.4 Å². The molecule has 1 N–H and O–H groups in total. The highest BCUT2D eigenvalue weighted by Gasteiger charge is 2.23. The molecule has 0 atom stereocenters. The lowest BCUT2D eigenvalue weighted by atomic mass is 10.2. The quantitative estimate of drug-likeness (QED) is 0.868. The second kappa shape index (κ2) is 5.66. The zero-order valence-corrected chi connectivity index (χ0v) is 12.5. The van der Waals surface area contributed by atoms with Crippen molar-refractivity contribution in [3.05, 3.63) is 23.2 Å². The van der Waals surface area contributed by atoms with E-state index in [0.717, 1.165) is 29.0 Å². The van der Waals surface area contributed by atoms with Gasteiger partial charge in [0.05, 0.1) is 16.8 Å². The molecule has 4 nitrogen and oxygen atoms in total. The molecule has 1 aromatic carbocycles. The Morgan fingerprint density at radius 2 is 2.20 bits per heavy atom. The number of carboxylic acid groups (broad SMARTS) is 1. The number of aromatic nitrogens is 2. The minimum absolute atomic E-state index is 0.0315. The fourth-order valence-electron chi connectivity index (χ4n) is 2.79. The van der Waals surface area contributed by atoms with E-state index in [2.05, 4.69) is 9.55 Å². The summed E-state index contributed by atoms with van der Waals surface area (Å²) >= 11 is 7.30. The Morgan fingerprint density at radius 1 is 1.45 bits per heavy atom. The molecular formula is C14H15ClN2O2S. The van der Waals surface area contributed by atoms with Gasteiger partial charge in [-0.3, -0.25) is 4.79 Å². The van der Waals surface area contributed by atoms with Crippen LogP contribution in [0.25, 0.3) is 11.0 Å². The van der Waals surface area contributed by atoms with Crippen molar-refractivity contribution < 1.29 is 9.90 Å². The third-order valence-corrected chi connectivity index (χ3v) is 4.81. The summed E-state index contributed by atoms with van der Waals surface area (Å²) in [6.45, 7) is 0. The van der Waals surface area contributed by atoms with Gasteiger partial charge in [0.25, 0.3) is 0 Å². The van der Waals surface area contributed by atoms with Crippen LogP contribution in [0.3, 0.4) is 0 Å². The number of imidazole rings is 1. The van der Waals surface area contributed by atoms with Crippen molar-refractivity contribution in [1.29, 1.82) is 0 Å². The first-order valence-electron chi connectivity index (χ1n) is 6.67. The van der Waals surface area contributed by atoms with E-state index in [1.54, 1.807) is 0 Å². The Balaban J connectivity index is 2.05. The van der Waals surface area contributed by atoms with Gasteiger partial charge in [-0.05, 0) is 31.0 Å². The average molecular weight is 311 g/mol. The van der Waals surface area contributed by atoms with E-state index in [-0.39, 0.29) is 5.75 Å². The predicted molar refractivity (Wildman–Crippen MR) is 80.6 cm³/mol. The number of thioether (sulfide) groups is 1. The van der Waals surface area contributed by atoms with E-state index in [4.69, 9.17) is 16.7 Å². The number of carboxylic acids is 1. The summed E-state index contributed by atoms with van der Waals surface area (Å²) in [5.41, 5.74) is 1.89. The maximum absolute atomic E-state index is 10.8. The SMILES string of the molecule is O=C(O)CSc1nc2cc(Cl)ccc2n1C1CCCC1. The monoisotopic (exact) mass is 310 g/mol. The lowest BCUT2D eigenvalue weighted by Gasteiger charge is -2.15. The van der Waals surface area contributed by atoms with Crippen LogP contribution in [0.4, 0.5) is 0 Å². The number of hydrogen-bond donors (Lipinski definition) is 1. The molecule has 0 amide bonds. The maximum Gasteiger partial charge on any atom is 0.313 e. The molecule has 2 aromatic rings. The fourth-order valence-corrected chi connectivity index (χ4v) is 3.76. The molecule has 0 radical (unpaired) electrons. The maximum atomic E-state index is 10.8. The highest BCUT2D eigenvalue weighted by atomic mass is 35.5. The van der Waals surface area contributed by atoms with Crippen LogP contribution in [0.15, 0.2) is 23.4 Å². The van der Waals surface area contributed by atoms with Gasteiger partial charge in [0.1, 0.15) is 0 Å². The lowest BCUT2D eigenvalue weighted by Crippen LogP contribution is -2.07. The Labute approximate surface area is 126 Å². The highest BCUT2D eigenvalue weighted by Crippen LogP contribution is 2.37.